The van der Waals surface area contributed by atoms with Crippen molar-refractivity contribution in [2.45, 2.75) is 25.3 Å². The van der Waals surface area contributed by atoms with E-state index in [1.807, 2.05) is 19.3 Å². The summed E-state index contributed by atoms with van der Waals surface area (Å²) in [5.41, 5.74) is 5.15. The number of nitrogens with one attached hydrogen (secondary N) is 1. The lowest BCUT2D eigenvalue weighted by molar-refractivity contribution is 0.487. The number of aromatic nitrogens is 3. The highest BCUT2D eigenvalue weighted by Gasteiger charge is 2.10. The van der Waals surface area contributed by atoms with E-state index >= 15 is 0 Å². The Balaban J connectivity index is 1.86. The molecule has 1 aromatic heterocycles. The minimum Gasteiger partial charge on any atom is -0.271 e. The lowest BCUT2D eigenvalue weighted by Gasteiger charge is -2.14. The van der Waals surface area contributed by atoms with Gasteiger partial charge >= 0.3 is 0 Å². The van der Waals surface area contributed by atoms with E-state index in [0.29, 0.717) is 0 Å². The Kier molecular flexibility index (Phi) is 4.44. The third-order valence-electron chi connectivity index (χ3n) is 2.97. The maximum Gasteiger partial charge on any atom is 0.0843 e. The molecule has 2 rings (SSSR count). The molecule has 0 bridgehead atoms. The van der Waals surface area contributed by atoms with Gasteiger partial charge in [-0.2, -0.15) is 0 Å². The first kappa shape index (κ1) is 12.7. The molecule has 1 heterocycles. The van der Waals surface area contributed by atoms with Crippen LogP contribution in [0.1, 0.15) is 17.7 Å². The molecule has 5 nitrogen and oxygen atoms in total. The summed E-state index contributed by atoms with van der Waals surface area (Å²) in [6.07, 6.45) is 4.72. The molecule has 1 aromatic carbocycles. The molecular weight excluding hydrogens is 226 g/mol. The summed E-state index contributed by atoms with van der Waals surface area (Å²) >= 11 is 0. The zero-order chi connectivity index (χ0) is 12.8. The van der Waals surface area contributed by atoms with Crippen LogP contribution in [-0.2, 0) is 19.9 Å². The number of nitrogens with zero attached hydrogens (tertiary/aromatic N) is 3. The maximum absolute atomic E-state index is 5.59. The summed E-state index contributed by atoms with van der Waals surface area (Å²) in [7, 11) is 1.87. The van der Waals surface area contributed by atoms with Gasteiger partial charge in [0.25, 0.3) is 0 Å². The van der Waals surface area contributed by atoms with Crippen molar-refractivity contribution in [3.63, 3.8) is 0 Å². The lowest BCUT2D eigenvalue weighted by atomic mass is 10.0. The van der Waals surface area contributed by atoms with E-state index < -0.39 is 0 Å². The van der Waals surface area contributed by atoms with Crippen LogP contribution in [0.25, 0.3) is 0 Å². The standard InChI is InChI=1S/C13H19N5/c1-18-10-13(16-17-18)9-12(15-14)8-7-11-5-3-2-4-6-11/h2-6,10,12,15H,7-9,14H2,1H3. The van der Waals surface area contributed by atoms with E-state index in [1.54, 1.807) is 4.68 Å². The second-order valence-electron chi connectivity index (χ2n) is 4.48. The Bertz CT molecular complexity index is 465. The summed E-state index contributed by atoms with van der Waals surface area (Å²) in [4.78, 5) is 0. The molecule has 1 unspecified atom stereocenters. The van der Waals surface area contributed by atoms with E-state index in [9.17, 15) is 0 Å². The van der Waals surface area contributed by atoms with Gasteiger partial charge in [-0.3, -0.25) is 16.0 Å². The van der Waals surface area contributed by atoms with Crippen molar-refractivity contribution in [3.8, 4) is 0 Å². The van der Waals surface area contributed by atoms with E-state index in [4.69, 9.17) is 5.84 Å². The van der Waals surface area contributed by atoms with Crippen molar-refractivity contribution >= 4 is 0 Å². The fraction of sp³-hybridized carbons (Fsp3) is 0.385. The molecule has 5 heteroatoms. The fourth-order valence-electron chi connectivity index (χ4n) is 1.97. The van der Waals surface area contributed by atoms with Crippen LogP contribution in [0.15, 0.2) is 36.5 Å². The molecule has 0 amide bonds. The van der Waals surface area contributed by atoms with Crippen LogP contribution in [0, 0.1) is 0 Å². The van der Waals surface area contributed by atoms with Crippen molar-refractivity contribution in [1.29, 1.82) is 0 Å². The van der Waals surface area contributed by atoms with Gasteiger partial charge in [-0.25, -0.2) is 0 Å². The summed E-state index contributed by atoms with van der Waals surface area (Å²) < 4.78 is 1.71. The Labute approximate surface area is 107 Å². The van der Waals surface area contributed by atoms with Crippen LogP contribution < -0.4 is 11.3 Å². The smallest absolute Gasteiger partial charge is 0.0843 e. The first-order chi connectivity index (χ1) is 8.78. The molecule has 0 aliphatic carbocycles. The average molecular weight is 245 g/mol. The first-order valence-corrected chi connectivity index (χ1v) is 6.13. The largest absolute Gasteiger partial charge is 0.271 e. The minimum absolute atomic E-state index is 0.224. The quantitative estimate of drug-likeness (QED) is 0.584. The molecule has 0 aliphatic rings. The predicted molar refractivity (Wildman–Crippen MR) is 70.6 cm³/mol. The first-order valence-electron chi connectivity index (χ1n) is 6.13. The molecule has 96 valence electrons. The highest BCUT2D eigenvalue weighted by molar-refractivity contribution is 5.14. The van der Waals surface area contributed by atoms with E-state index in [1.165, 1.54) is 5.56 Å². The van der Waals surface area contributed by atoms with Crippen molar-refractivity contribution in [3.05, 3.63) is 47.8 Å². The Morgan fingerprint density at radius 3 is 2.72 bits per heavy atom. The normalized spacial score (nSPS) is 12.6. The van der Waals surface area contributed by atoms with Crippen LogP contribution in [-0.4, -0.2) is 21.0 Å². The number of rotatable bonds is 6. The van der Waals surface area contributed by atoms with E-state index in [-0.39, 0.29) is 6.04 Å². The van der Waals surface area contributed by atoms with E-state index in [2.05, 4.69) is 40.0 Å². The van der Waals surface area contributed by atoms with Crippen LogP contribution in [0.3, 0.4) is 0 Å². The number of nitrogens with two attached hydrogens (primary N) is 1. The van der Waals surface area contributed by atoms with E-state index in [0.717, 1.165) is 25.0 Å². The maximum atomic E-state index is 5.59. The number of hydrazine groups is 1. The monoisotopic (exact) mass is 245 g/mol. The molecule has 0 radical (unpaired) electrons. The summed E-state index contributed by atoms with van der Waals surface area (Å²) in [6, 6.07) is 10.6. The average Bonchev–Trinajstić information content (AvgIpc) is 2.81. The zero-order valence-electron chi connectivity index (χ0n) is 10.6. The molecule has 1 atom stereocenters. The second-order valence-corrected chi connectivity index (χ2v) is 4.48. The third kappa shape index (κ3) is 3.65. The van der Waals surface area contributed by atoms with Gasteiger partial charge in [-0.15, -0.1) is 5.10 Å². The SMILES string of the molecule is Cn1cc(CC(CCc2ccccc2)NN)nn1. The molecule has 0 saturated carbocycles. The number of benzene rings is 1. The van der Waals surface area contributed by atoms with Gasteiger partial charge in [-0.1, -0.05) is 35.5 Å². The van der Waals surface area contributed by atoms with Gasteiger partial charge in [0.05, 0.1) is 5.69 Å². The van der Waals surface area contributed by atoms with Gasteiger partial charge in [0.2, 0.25) is 0 Å². The Hall–Kier alpha value is -1.72. The highest BCUT2D eigenvalue weighted by Crippen LogP contribution is 2.07. The highest BCUT2D eigenvalue weighted by atomic mass is 15.4. The van der Waals surface area contributed by atoms with Crippen LogP contribution in [0.2, 0.25) is 0 Å². The predicted octanol–water partition coefficient (Wildman–Crippen LogP) is 0.822. The fourth-order valence-corrected chi connectivity index (χ4v) is 1.97. The molecular formula is C13H19N5. The van der Waals surface area contributed by atoms with Gasteiger partial charge < -0.3 is 0 Å². The molecule has 0 aliphatic heterocycles. The number of hydrogen-bond acceptors (Lipinski definition) is 4. The Morgan fingerprint density at radius 1 is 1.33 bits per heavy atom. The van der Waals surface area contributed by atoms with Gasteiger partial charge in [0.15, 0.2) is 0 Å². The third-order valence-corrected chi connectivity index (χ3v) is 2.97. The van der Waals surface area contributed by atoms with Crippen molar-refractivity contribution < 1.29 is 0 Å². The molecule has 3 N–H and O–H groups in total. The lowest BCUT2D eigenvalue weighted by Crippen LogP contribution is -2.37. The van der Waals surface area contributed by atoms with Crippen molar-refractivity contribution in [1.82, 2.24) is 20.4 Å². The Morgan fingerprint density at radius 2 is 2.11 bits per heavy atom. The number of aryl methyl sites for hydroxylation is 2. The van der Waals surface area contributed by atoms with Crippen LogP contribution in [0.4, 0.5) is 0 Å². The summed E-state index contributed by atoms with van der Waals surface area (Å²) in [5.74, 6) is 5.59. The topological polar surface area (TPSA) is 68.8 Å². The molecule has 0 spiro atoms. The summed E-state index contributed by atoms with van der Waals surface area (Å²) in [6.45, 7) is 0. The van der Waals surface area contributed by atoms with Crippen molar-refractivity contribution in [2.75, 3.05) is 0 Å². The van der Waals surface area contributed by atoms with Crippen LogP contribution in [0.5, 0.6) is 0 Å². The molecule has 2 aromatic rings. The van der Waals surface area contributed by atoms with Gasteiger partial charge in [0.1, 0.15) is 0 Å². The van der Waals surface area contributed by atoms with Crippen LogP contribution >= 0.6 is 0 Å². The molecule has 0 fully saturated rings. The second kappa shape index (κ2) is 6.28. The zero-order valence-corrected chi connectivity index (χ0v) is 10.6. The molecule has 0 saturated heterocycles. The minimum atomic E-state index is 0.224. The van der Waals surface area contributed by atoms with Gasteiger partial charge in [-0.05, 0) is 18.4 Å². The van der Waals surface area contributed by atoms with Crippen molar-refractivity contribution in [2.24, 2.45) is 12.9 Å². The van der Waals surface area contributed by atoms with Gasteiger partial charge in [0, 0.05) is 25.7 Å². The summed E-state index contributed by atoms with van der Waals surface area (Å²) in [5, 5.41) is 8.00. The number of hydrogen-bond donors (Lipinski definition) is 2. The molecule has 18 heavy (non-hydrogen) atoms.